The minimum atomic E-state index is 0.270. The van der Waals surface area contributed by atoms with E-state index in [0.717, 1.165) is 19.8 Å². The zero-order valence-electron chi connectivity index (χ0n) is 9.07. The lowest BCUT2D eigenvalue weighted by Crippen LogP contribution is -2.43. The van der Waals surface area contributed by atoms with Crippen molar-refractivity contribution in [2.45, 2.75) is 51.5 Å². The molecule has 1 saturated heterocycles. The molecule has 2 nitrogen and oxygen atoms in total. The van der Waals surface area contributed by atoms with E-state index >= 15 is 0 Å². The van der Waals surface area contributed by atoms with Gasteiger partial charge in [-0.05, 0) is 26.3 Å². The first-order valence-electron chi connectivity index (χ1n) is 5.60. The minimum Gasteiger partial charge on any atom is -0.379 e. The van der Waals surface area contributed by atoms with Crippen LogP contribution in [0.3, 0.4) is 0 Å². The first-order chi connectivity index (χ1) is 6.27. The van der Waals surface area contributed by atoms with Gasteiger partial charge < -0.3 is 10.1 Å². The molecule has 0 spiro atoms. The molecule has 78 valence electrons. The molecule has 1 aliphatic heterocycles. The lowest BCUT2D eigenvalue weighted by Gasteiger charge is -2.23. The first-order valence-corrected chi connectivity index (χ1v) is 5.60. The van der Waals surface area contributed by atoms with Crippen molar-refractivity contribution in [1.29, 1.82) is 0 Å². The Bertz CT molecular complexity index is 130. The fraction of sp³-hybridized carbons (Fsp3) is 1.00. The van der Waals surface area contributed by atoms with Crippen LogP contribution in [0.2, 0.25) is 0 Å². The molecule has 13 heavy (non-hydrogen) atoms. The van der Waals surface area contributed by atoms with Gasteiger partial charge in [-0.3, -0.25) is 0 Å². The van der Waals surface area contributed by atoms with Crippen LogP contribution < -0.4 is 5.32 Å². The van der Waals surface area contributed by atoms with E-state index in [2.05, 4.69) is 19.2 Å². The number of ether oxygens (including phenoxy) is 1. The van der Waals surface area contributed by atoms with Crippen molar-refractivity contribution < 1.29 is 4.74 Å². The van der Waals surface area contributed by atoms with Crippen molar-refractivity contribution in [2.75, 3.05) is 19.8 Å². The Labute approximate surface area is 82.0 Å². The molecule has 0 aromatic carbocycles. The van der Waals surface area contributed by atoms with Gasteiger partial charge in [0.05, 0.1) is 6.61 Å². The molecule has 1 N–H and O–H groups in total. The highest BCUT2D eigenvalue weighted by Crippen LogP contribution is 2.17. The van der Waals surface area contributed by atoms with E-state index in [1.54, 1.807) is 0 Å². The molecule has 1 fully saturated rings. The summed E-state index contributed by atoms with van der Waals surface area (Å²) in [5, 5.41) is 3.59. The predicted molar refractivity (Wildman–Crippen MR) is 56.0 cm³/mol. The summed E-state index contributed by atoms with van der Waals surface area (Å²) in [4.78, 5) is 0. The van der Waals surface area contributed by atoms with Gasteiger partial charge in [-0.25, -0.2) is 0 Å². The number of unbranched alkanes of at least 4 members (excludes halogenated alkanes) is 3. The summed E-state index contributed by atoms with van der Waals surface area (Å²) in [6.45, 7) is 7.48. The van der Waals surface area contributed by atoms with Crippen LogP contribution >= 0.6 is 0 Å². The summed E-state index contributed by atoms with van der Waals surface area (Å²) < 4.78 is 5.38. The van der Waals surface area contributed by atoms with Crippen LogP contribution in [0, 0.1) is 0 Å². The van der Waals surface area contributed by atoms with Crippen LogP contribution in [0.5, 0.6) is 0 Å². The standard InChI is InChI=1S/C11H23NO/c1-3-4-5-6-8-12-11(2)7-9-13-10-11/h12H,3-10H2,1-2H3. The van der Waals surface area contributed by atoms with Crippen LogP contribution in [0.4, 0.5) is 0 Å². The van der Waals surface area contributed by atoms with E-state index in [4.69, 9.17) is 4.74 Å². The summed E-state index contributed by atoms with van der Waals surface area (Å²) in [6.07, 6.45) is 6.53. The Morgan fingerprint density at radius 2 is 2.15 bits per heavy atom. The van der Waals surface area contributed by atoms with Crippen molar-refractivity contribution >= 4 is 0 Å². The number of hydrogen-bond donors (Lipinski definition) is 1. The third kappa shape index (κ3) is 4.10. The molecule has 1 rings (SSSR count). The summed E-state index contributed by atoms with van der Waals surface area (Å²) in [7, 11) is 0. The topological polar surface area (TPSA) is 21.3 Å². The lowest BCUT2D eigenvalue weighted by atomic mass is 10.0. The molecular weight excluding hydrogens is 162 g/mol. The molecule has 0 saturated carbocycles. The van der Waals surface area contributed by atoms with Gasteiger partial charge in [-0.15, -0.1) is 0 Å². The number of hydrogen-bond acceptors (Lipinski definition) is 2. The van der Waals surface area contributed by atoms with Gasteiger partial charge in [0.15, 0.2) is 0 Å². The fourth-order valence-corrected chi connectivity index (χ4v) is 1.75. The molecule has 1 heterocycles. The summed E-state index contributed by atoms with van der Waals surface area (Å²) in [5.74, 6) is 0. The predicted octanol–water partition coefficient (Wildman–Crippen LogP) is 2.34. The maximum Gasteiger partial charge on any atom is 0.0646 e. The van der Waals surface area contributed by atoms with Crippen molar-refractivity contribution in [1.82, 2.24) is 5.32 Å². The summed E-state index contributed by atoms with van der Waals surface area (Å²) in [5.41, 5.74) is 0.270. The molecule has 0 amide bonds. The second-order valence-corrected chi connectivity index (χ2v) is 4.35. The molecule has 1 aliphatic rings. The maximum absolute atomic E-state index is 5.38. The van der Waals surface area contributed by atoms with Crippen LogP contribution in [0.25, 0.3) is 0 Å². The van der Waals surface area contributed by atoms with E-state index in [-0.39, 0.29) is 5.54 Å². The van der Waals surface area contributed by atoms with Gasteiger partial charge in [0.25, 0.3) is 0 Å². The molecule has 0 aliphatic carbocycles. The number of nitrogens with one attached hydrogen (secondary N) is 1. The Hall–Kier alpha value is -0.0800. The fourth-order valence-electron chi connectivity index (χ4n) is 1.75. The van der Waals surface area contributed by atoms with Crippen LogP contribution in [0.15, 0.2) is 0 Å². The van der Waals surface area contributed by atoms with Gasteiger partial charge in [-0.1, -0.05) is 26.2 Å². The monoisotopic (exact) mass is 185 g/mol. The highest BCUT2D eigenvalue weighted by molar-refractivity contribution is 4.86. The van der Waals surface area contributed by atoms with Gasteiger partial charge in [0, 0.05) is 12.1 Å². The SMILES string of the molecule is CCCCCCNC1(C)CCOC1. The molecule has 2 heteroatoms. The van der Waals surface area contributed by atoms with Crippen molar-refractivity contribution in [2.24, 2.45) is 0 Å². The highest BCUT2D eigenvalue weighted by Gasteiger charge is 2.28. The number of rotatable bonds is 6. The van der Waals surface area contributed by atoms with Crippen molar-refractivity contribution in [3.8, 4) is 0 Å². The van der Waals surface area contributed by atoms with Crippen LogP contribution in [-0.4, -0.2) is 25.3 Å². The Balaban J connectivity index is 1.98. The van der Waals surface area contributed by atoms with Crippen molar-refractivity contribution in [3.05, 3.63) is 0 Å². The normalized spacial score (nSPS) is 28.2. The van der Waals surface area contributed by atoms with Gasteiger partial charge >= 0.3 is 0 Å². The van der Waals surface area contributed by atoms with Gasteiger partial charge in [0.1, 0.15) is 0 Å². The van der Waals surface area contributed by atoms with Crippen LogP contribution in [0.1, 0.15) is 46.0 Å². The average molecular weight is 185 g/mol. The van der Waals surface area contributed by atoms with Gasteiger partial charge in [0.2, 0.25) is 0 Å². The molecule has 0 aromatic heterocycles. The molecular formula is C11H23NO. The summed E-state index contributed by atoms with van der Waals surface area (Å²) >= 11 is 0. The van der Waals surface area contributed by atoms with E-state index in [0.29, 0.717) is 0 Å². The second kappa shape index (κ2) is 5.61. The van der Waals surface area contributed by atoms with E-state index in [1.165, 1.54) is 32.1 Å². The molecule has 0 radical (unpaired) electrons. The Morgan fingerprint density at radius 1 is 1.31 bits per heavy atom. The molecule has 0 aromatic rings. The zero-order valence-corrected chi connectivity index (χ0v) is 9.07. The van der Waals surface area contributed by atoms with Gasteiger partial charge in [-0.2, -0.15) is 0 Å². The quantitative estimate of drug-likeness (QED) is 0.641. The molecule has 0 bridgehead atoms. The van der Waals surface area contributed by atoms with Crippen molar-refractivity contribution in [3.63, 3.8) is 0 Å². The molecule has 1 atom stereocenters. The zero-order chi connectivity index (χ0) is 9.57. The lowest BCUT2D eigenvalue weighted by molar-refractivity contribution is 0.171. The average Bonchev–Trinajstić information content (AvgIpc) is 2.53. The van der Waals surface area contributed by atoms with E-state index in [1.807, 2.05) is 0 Å². The third-order valence-corrected chi connectivity index (χ3v) is 2.80. The smallest absolute Gasteiger partial charge is 0.0646 e. The summed E-state index contributed by atoms with van der Waals surface area (Å²) in [6, 6.07) is 0. The van der Waals surface area contributed by atoms with Crippen LogP contribution in [-0.2, 0) is 4.74 Å². The molecule has 1 unspecified atom stereocenters. The largest absolute Gasteiger partial charge is 0.379 e. The van der Waals surface area contributed by atoms with E-state index < -0.39 is 0 Å². The highest BCUT2D eigenvalue weighted by atomic mass is 16.5. The first kappa shape index (κ1) is 11.0. The Kier molecular flexibility index (Phi) is 4.74. The second-order valence-electron chi connectivity index (χ2n) is 4.35. The maximum atomic E-state index is 5.38. The Morgan fingerprint density at radius 3 is 2.77 bits per heavy atom. The third-order valence-electron chi connectivity index (χ3n) is 2.80. The van der Waals surface area contributed by atoms with E-state index in [9.17, 15) is 0 Å². The minimum absolute atomic E-state index is 0.270.